The minimum atomic E-state index is 1.10. The van der Waals surface area contributed by atoms with Crippen LogP contribution in [0.2, 0.25) is 0 Å². The SMILES string of the molecule is CCNCCCCN1CC=C(C)CC1. The van der Waals surface area contributed by atoms with Gasteiger partial charge in [-0.3, -0.25) is 4.90 Å². The van der Waals surface area contributed by atoms with E-state index in [2.05, 4.69) is 30.1 Å². The Bertz CT molecular complexity index is 175. The molecule has 0 bridgehead atoms. The summed E-state index contributed by atoms with van der Waals surface area (Å²) in [6, 6.07) is 0. The summed E-state index contributed by atoms with van der Waals surface area (Å²) in [4.78, 5) is 2.55. The van der Waals surface area contributed by atoms with Gasteiger partial charge < -0.3 is 5.32 Å². The van der Waals surface area contributed by atoms with Crippen LogP contribution in [0.15, 0.2) is 11.6 Å². The molecule has 0 spiro atoms. The molecule has 14 heavy (non-hydrogen) atoms. The van der Waals surface area contributed by atoms with Crippen molar-refractivity contribution >= 4 is 0 Å². The van der Waals surface area contributed by atoms with E-state index in [-0.39, 0.29) is 0 Å². The summed E-state index contributed by atoms with van der Waals surface area (Å²) < 4.78 is 0. The smallest absolute Gasteiger partial charge is 0.0165 e. The highest BCUT2D eigenvalue weighted by atomic mass is 15.1. The van der Waals surface area contributed by atoms with Gasteiger partial charge in [0.05, 0.1) is 0 Å². The molecule has 0 aromatic heterocycles. The Labute approximate surface area is 88.4 Å². The van der Waals surface area contributed by atoms with Gasteiger partial charge in [0.1, 0.15) is 0 Å². The van der Waals surface area contributed by atoms with Gasteiger partial charge in [0, 0.05) is 13.1 Å². The zero-order valence-electron chi connectivity index (χ0n) is 9.68. The molecule has 0 radical (unpaired) electrons. The molecule has 2 heteroatoms. The minimum Gasteiger partial charge on any atom is -0.317 e. The summed E-state index contributed by atoms with van der Waals surface area (Å²) in [6.07, 6.45) is 6.29. The van der Waals surface area contributed by atoms with Crippen LogP contribution >= 0.6 is 0 Å². The third-order valence-electron chi connectivity index (χ3n) is 2.85. The summed E-state index contributed by atoms with van der Waals surface area (Å²) in [7, 11) is 0. The highest BCUT2D eigenvalue weighted by Crippen LogP contribution is 2.09. The summed E-state index contributed by atoms with van der Waals surface area (Å²) in [6.45, 7) is 10.4. The van der Waals surface area contributed by atoms with Crippen molar-refractivity contribution in [1.29, 1.82) is 0 Å². The van der Waals surface area contributed by atoms with E-state index in [1.807, 2.05) is 0 Å². The van der Waals surface area contributed by atoms with Crippen LogP contribution < -0.4 is 5.32 Å². The number of nitrogens with zero attached hydrogens (tertiary/aromatic N) is 1. The lowest BCUT2D eigenvalue weighted by Crippen LogP contribution is -2.29. The van der Waals surface area contributed by atoms with E-state index in [4.69, 9.17) is 0 Å². The van der Waals surface area contributed by atoms with Gasteiger partial charge in [-0.15, -0.1) is 0 Å². The molecule has 0 saturated heterocycles. The van der Waals surface area contributed by atoms with Crippen LogP contribution in [-0.4, -0.2) is 37.6 Å². The molecule has 1 rings (SSSR count). The molecule has 0 atom stereocenters. The molecular formula is C12H24N2. The van der Waals surface area contributed by atoms with Crippen LogP contribution in [0.5, 0.6) is 0 Å². The second-order valence-electron chi connectivity index (χ2n) is 4.16. The van der Waals surface area contributed by atoms with Crippen molar-refractivity contribution in [1.82, 2.24) is 10.2 Å². The van der Waals surface area contributed by atoms with Gasteiger partial charge in [0.15, 0.2) is 0 Å². The predicted molar refractivity (Wildman–Crippen MR) is 62.6 cm³/mol. The molecule has 0 unspecified atom stereocenters. The second-order valence-corrected chi connectivity index (χ2v) is 4.16. The van der Waals surface area contributed by atoms with Crippen LogP contribution in [0.3, 0.4) is 0 Å². The van der Waals surface area contributed by atoms with Crippen molar-refractivity contribution in [2.75, 3.05) is 32.7 Å². The van der Waals surface area contributed by atoms with E-state index in [9.17, 15) is 0 Å². The molecule has 0 aromatic carbocycles. The molecule has 1 aliphatic rings. The number of nitrogens with one attached hydrogen (secondary N) is 1. The number of unbranched alkanes of at least 4 members (excludes halogenated alkanes) is 1. The van der Waals surface area contributed by atoms with Crippen LogP contribution in [0.25, 0.3) is 0 Å². The fourth-order valence-electron chi connectivity index (χ4n) is 1.78. The maximum Gasteiger partial charge on any atom is 0.0165 e. The predicted octanol–water partition coefficient (Wildman–Crippen LogP) is 2.03. The van der Waals surface area contributed by atoms with Gasteiger partial charge in [-0.05, 0) is 45.8 Å². The van der Waals surface area contributed by atoms with Gasteiger partial charge in [-0.1, -0.05) is 18.6 Å². The van der Waals surface area contributed by atoms with Gasteiger partial charge in [0.2, 0.25) is 0 Å². The molecule has 1 N–H and O–H groups in total. The molecular weight excluding hydrogens is 172 g/mol. The summed E-state index contributed by atoms with van der Waals surface area (Å²) in [5, 5.41) is 3.36. The number of hydrogen-bond acceptors (Lipinski definition) is 2. The molecule has 0 fully saturated rings. The number of hydrogen-bond donors (Lipinski definition) is 1. The third kappa shape index (κ3) is 4.77. The molecule has 1 aliphatic heterocycles. The van der Waals surface area contributed by atoms with Gasteiger partial charge in [-0.2, -0.15) is 0 Å². The first-order chi connectivity index (χ1) is 6.83. The fraction of sp³-hybridized carbons (Fsp3) is 0.833. The van der Waals surface area contributed by atoms with Crippen LogP contribution in [0, 0.1) is 0 Å². The molecule has 0 aliphatic carbocycles. The highest BCUT2D eigenvalue weighted by molar-refractivity contribution is 5.03. The lowest BCUT2D eigenvalue weighted by atomic mass is 10.1. The van der Waals surface area contributed by atoms with Crippen molar-refractivity contribution in [3.63, 3.8) is 0 Å². The lowest BCUT2D eigenvalue weighted by molar-refractivity contribution is 0.287. The Kier molecular flexibility index (Phi) is 5.88. The largest absolute Gasteiger partial charge is 0.317 e. The first-order valence-electron chi connectivity index (χ1n) is 5.91. The maximum atomic E-state index is 3.36. The van der Waals surface area contributed by atoms with E-state index in [0.29, 0.717) is 0 Å². The van der Waals surface area contributed by atoms with E-state index >= 15 is 0 Å². The summed E-state index contributed by atoms with van der Waals surface area (Å²) >= 11 is 0. The molecule has 2 nitrogen and oxygen atoms in total. The average Bonchev–Trinajstić information content (AvgIpc) is 2.21. The molecule has 1 heterocycles. The van der Waals surface area contributed by atoms with Crippen molar-refractivity contribution in [3.8, 4) is 0 Å². The van der Waals surface area contributed by atoms with Gasteiger partial charge >= 0.3 is 0 Å². The van der Waals surface area contributed by atoms with E-state index < -0.39 is 0 Å². The zero-order chi connectivity index (χ0) is 10.2. The monoisotopic (exact) mass is 196 g/mol. The van der Waals surface area contributed by atoms with E-state index in [1.165, 1.54) is 45.4 Å². The van der Waals surface area contributed by atoms with Gasteiger partial charge in [0.25, 0.3) is 0 Å². The topological polar surface area (TPSA) is 15.3 Å². The molecule has 82 valence electrons. The third-order valence-corrected chi connectivity index (χ3v) is 2.85. The quantitative estimate of drug-likeness (QED) is 0.516. The Morgan fingerprint density at radius 2 is 2.29 bits per heavy atom. The first-order valence-corrected chi connectivity index (χ1v) is 5.91. The fourth-order valence-corrected chi connectivity index (χ4v) is 1.78. The van der Waals surface area contributed by atoms with Crippen molar-refractivity contribution < 1.29 is 0 Å². The van der Waals surface area contributed by atoms with Crippen molar-refractivity contribution in [2.45, 2.75) is 33.1 Å². The van der Waals surface area contributed by atoms with Crippen molar-refractivity contribution in [3.05, 3.63) is 11.6 Å². The van der Waals surface area contributed by atoms with Gasteiger partial charge in [-0.25, -0.2) is 0 Å². The molecule has 0 aromatic rings. The molecule has 0 amide bonds. The highest BCUT2D eigenvalue weighted by Gasteiger charge is 2.07. The normalized spacial score (nSPS) is 18.3. The lowest BCUT2D eigenvalue weighted by Gasteiger charge is -2.25. The van der Waals surface area contributed by atoms with Crippen molar-refractivity contribution in [2.24, 2.45) is 0 Å². The number of rotatable bonds is 6. The maximum absolute atomic E-state index is 3.36. The first kappa shape index (κ1) is 11.7. The van der Waals surface area contributed by atoms with Crippen LogP contribution in [0.4, 0.5) is 0 Å². The van der Waals surface area contributed by atoms with E-state index in [1.54, 1.807) is 5.57 Å². The van der Waals surface area contributed by atoms with E-state index in [0.717, 1.165) is 6.54 Å². The Balaban J connectivity index is 1.97. The zero-order valence-corrected chi connectivity index (χ0v) is 9.68. The van der Waals surface area contributed by atoms with Crippen LogP contribution in [-0.2, 0) is 0 Å². The Morgan fingerprint density at radius 3 is 2.93 bits per heavy atom. The molecule has 0 saturated carbocycles. The average molecular weight is 196 g/mol. The Morgan fingerprint density at radius 1 is 1.43 bits per heavy atom. The summed E-state index contributed by atoms with van der Waals surface area (Å²) in [5.41, 5.74) is 1.56. The standard InChI is InChI=1S/C12H24N2/c1-3-13-8-4-5-9-14-10-6-12(2)7-11-14/h6,13H,3-5,7-11H2,1-2H3. The Hall–Kier alpha value is -0.340. The second kappa shape index (κ2) is 7.02. The summed E-state index contributed by atoms with van der Waals surface area (Å²) in [5.74, 6) is 0. The minimum absolute atomic E-state index is 1.10. The van der Waals surface area contributed by atoms with Crippen LogP contribution in [0.1, 0.15) is 33.1 Å².